The number of H-pyrrole nitrogens is 1. The van der Waals surface area contributed by atoms with Crippen molar-refractivity contribution in [2.75, 3.05) is 86.1 Å². The number of hydrogen-bond acceptors (Lipinski definition) is 16. The summed E-state index contributed by atoms with van der Waals surface area (Å²) in [5.41, 5.74) is 6.62. The maximum atomic E-state index is 14.3. The molecule has 20 nitrogen and oxygen atoms in total. The summed E-state index contributed by atoms with van der Waals surface area (Å²) in [4.78, 5) is 68.3. The average molecular weight is 1110 g/mol. The molecule has 3 saturated heterocycles. The number of piperazine rings is 2. The van der Waals surface area contributed by atoms with Crippen molar-refractivity contribution in [2.45, 2.75) is 83.7 Å². The third kappa shape index (κ3) is 10.1. The lowest BCUT2D eigenvalue weighted by Crippen LogP contribution is -2.59. The highest BCUT2D eigenvalue weighted by Gasteiger charge is 2.38. The van der Waals surface area contributed by atoms with Crippen molar-refractivity contribution >= 4 is 90.4 Å². The summed E-state index contributed by atoms with van der Waals surface area (Å²) < 4.78 is 14.6. The minimum atomic E-state index is -0.557. The minimum Gasteiger partial charge on any atom is -0.462 e. The number of likely N-dealkylation sites (tertiary alicyclic amines) is 1. The first-order valence-electron chi connectivity index (χ1n) is 25.9. The topological polar surface area (TPSA) is 205 Å². The van der Waals surface area contributed by atoms with E-state index in [1.165, 1.54) is 0 Å². The second-order valence-corrected chi connectivity index (χ2v) is 21.7. The molecule has 3 fully saturated rings. The number of carbonyl (C=O) groups is 2. The monoisotopic (exact) mass is 1110 g/mol. The van der Waals surface area contributed by atoms with Crippen molar-refractivity contribution in [3.63, 3.8) is 0 Å². The third-order valence-corrected chi connectivity index (χ3v) is 16.0. The number of ether oxygens (including phenoxy) is 2. The number of rotatable bonds is 13. The van der Waals surface area contributed by atoms with Crippen molar-refractivity contribution < 1.29 is 19.1 Å². The Morgan fingerprint density at radius 2 is 1.78 bits per heavy atom. The molecule has 8 heterocycles. The molecule has 0 bridgehead atoms. The van der Waals surface area contributed by atoms with Crippen molar-refractivity contribution in [1.82, 2.24) is 54.2 Å². The van der Waals surface area contributed by atoms with Crippen LogP contribution < -0.4 is 24.8 Å². The number of fused-ring (bicyclic) bond motifs is 4. The molecule has 0 unspecified atom stereocenters. The number of nitriles is 1. The van der Waals surface area contributed by atoms with E-state index in [-0.39, 0.29) is 42.6 Å². The number of hydrogen-bond donors (Lipinski definition) is 2. The summed E-state index contributed by atoms with van der Waals surface area (Å²) in [6.07, 6.45) is 4.04. The lowest BCUT2D eigenvalue weighted by Gasteiger charge is -2.44. The number of halogens is 2. The van der Waals surface area contributed by atoms with Crippen LogP contribution in [0, 0.1) is 18.3 Å². The molecular formula is C54H60BrClN16O4. The van der Waals surface area contributed by atoms with Gasteiger partial charge in [0.1, 0.15) is 24.9 Å². The summed E-state index contributed by atoms with van der Waals surface area (Å²) in [6, 6.07) is 20.1. The SMILES string of the molecule is C=C(COC(=O)N1[C@H](C)CN(c2nc(NCc3nc4ccc(C)cc4[nH]3)n3ncc(Br)c3n2)C[C@@H]1C)C(=O)N1CCN(c2nc(OC[C@@H]3CCCN3C)nc3c2CCN(c2cccc4cccc(Cl)c24)C3)C[C@@H]1CC#N. The van der Waals surface area contributed by atoms with Gasteiger partial charge in [-0.1, -0.05) is 48.5 Å². The second-order valence-electron chi connectivity index (χ2n) is 20.4. The molecule has 3 aromatic carbocycles. The molecule has 394 valence electrons. The van der Waals surface area contributed by atoms with E-state index in [9.17, 15) is 14.9 Å². The summed E-state index contributed by atoms with van der Waals surface area (Å²) in [6.45, 7) is 14.8. The van der Waals surface area contributed by atoms with Crippen LogP contribution in [0.25, 0.3) is 27.5 Å². The molecule has 0 aliphatic carbocycles. The van der Waals surface area contributed by atoms with Gasteiger partial charge < -0.3 is 44.3 Å². The zero-order valence-electron chi connectivity index (χ0n) is 43.0. The molecule has 22 heteroatoms. The molecule has 4 aliphatic heterocycles. The first-order chi connectivity index (χ1) is 36.8. The Labute approximate surface area is 453 Å². The van der Waals surface area contributed by atoms with E-state index in [1.54, 1.807) is 20.5 Å². The molecular weight excluding hydrogens is 1050 g/mol. The third-order valence-electron chi connectivity index (χ3n) is 15.1. The number of nitrogens with zero attached hydrogens (tertiary/aromatic N) is 14. The van der Waals surface area contributed by atoms with Gasteiger partial charge in [0, 0.05) is 67.5 Å². The number of carbonyl (C=O) groups excluding carboxylic acids is 2. The van der Waals surface area contributed by atoms with E-state index in [2.05, 4.69) is 96.1 Å². The van der Waals surface area contributed by atoms with Gasteiger partial charge in [-0.2, -0.15) is 34.8 Å². The molecule has 4 aliphatic rings. The number of nitrogens with one attached hydrogen (secondary N) is 2. The highest BCUT2D eigenvalue weighted by Crippen LogP contribution is 2.38. The van der Waals surface area contributed by atoms with E-state index in [0.717, 1.165) is 75.3 Å². The Hall–Kier alpha value is -7.28. The standard InChI is InChI=1S/C54H60BrClN16O4/c1-32-14-15-42-43(23-32)61-46(60-42)25-58-51-65-52(63-49-40(55)24-59-72(49)51)69-26-34(3)71(35(4)27-69)54(74)76-30-33(2)50(73)70-22-21-68(28-37(70)16-18-57)48-39-17-20-67(45-13-7-10-36-9-6-12-41(56)47(36)45)29-44(39)62-53(64-48)75-31-38-11-8-19-66(38)5/h6-7,9-10,12-15,23-24,34-35,37-38H,2,8,11,16-17,19-22,25-31H2,1,3-5H3,(H,60,61)(H,58,63,65)/t34-,35+,37-,38-/m0/s1. The quantitative estimate of drug-likeness (QED) is 0.107. The van der Waals surface area contributed by atoms with Gasteiger partial charge in [-0.3, -0.25) is 9.69 Å². The van der Waals surface area contributed by atoms with Crippen LogP contribution in [0.15, 0.2) is 77.4 Å². The van der Waals surface area contributed by atoms with Crippen LogP contribution in [0.1, 0.15) is 55.8 Å². The van der Waals surface area contributed by atoms with Crippen molar-refractivity contribution in [1.29, 1.82) is 5.26 Å². The van der Waals surface area contributed by atoms with Gasteiger partial charge in [0.25, 0.3) is 5.91 Å². The number of likely N-dealkylation sites (N-methyl/N-ethyl adjacent to an activating group) is 1. The number of anilines is 4. The Balaban J connectivity index is 0.743. The van der Waals surface area contributed by atoms with Crippen molar-refractivity contribution in [3.05, 3.63) is 105 Å². The van der Waals surface area contributed by atoms with E-state index in [0.29, 0.717) is 98.4 Å². The highest BCUT2D eigenvalue weighted by molar-refractivity contribution is 9.10. The van der Waals surface area contributed by atoms with Crippen molar-refractivity contribution in [3.8, 4) is 12.1 Å². The molecule has 2 amide bonds. The second kappa shape index (κ2) is 21.4. The van der Waals surface area contributed by atoms with Crippen LogP contribution in [-0.2, 0) is 29.0 Å². The van der Waals surface area contributed by atoms with Gasteiger partial charge in [0.2, 0.25) is 11.9 Å². The average Bonchev–Trinajstić information content (AvgIpc) is 4.16. The minimum absolute atomic E-state index is 0.0854. The Morgan fingerprint density at radius 1 is 0.961 bits per heavy atom. The molecule has 7 aromatic rings. The summed E-state index contributed by atoms with van der Waals surface area (Å²) in [5.74, 6) is 2.10. The van der Waals surface area contributed by atoms with Gasteiger partial charge in [-0.15, -0.1) is 0 Å². The summed E-state index contributed by atoms with van der Waals surface area (Å²) >= 11 is 10.4. The molecule has 4 atom stereocenters. The molecule has 4 aromatic heterocycles. The molecule has 0 spiro atoms. The van der Waals surface area contributed by atoms with E-state index >= 15 is 0 Å². The Kier molecular flexibility index (Phi) is 14.3. The van der Waals surface area contributed by atoms with E-state index in [4.69, 9.17) is 46.0 Å². The van der Waals surface area contributed by atoms with Crippen LogP contribution >= 0.6 is 27.5 Å². The van der Waals surface area contributed by atoms with Crippen LogP contribution in [0.4, 0.5) is 28.2 Å². The lowest BCUT2D eigenvalue weighted by atomic mass is 10.0. The maximum Gasteiger partial charge on any atom is 0.410 e. The number of aromatic amines is 1. The number of amides is 2. The normalized spacial score (nSPS) is 20.1. The molecule has 2 N–H and O–H groups in total. The zero-order chi connectivity index (χ0) is 52.8. The van der Waals surface area contributed by atoms with Crippen molar-refractivity contribution in [2.24, 2.45) is 0 Å². The number of aryl methyl sites for hydroxylation is 1. The summed E-state index contributed by atoms with van der Waals surface area (Å²) in [7, 11) is 2.12. The van der Waals surface area contributed by atoms with Gasteiger partial charge in [-0.05, 0) is 105 Å². The van der Waals surface area contributed by atoms with Gasteiger partial charge in [-0.25, -0.2) is 9.78 Å². The molecule has 0 radical (unpaired) electrons. The lowest BCUT2D eigenvalue weighted by molar-refractivity contribution is -0.130. The predicted molar refractivity (Wildman–Crippen MR) is 295 cm³/mol. The zero-order valence-corrected chi connectivity index (χ0v) is 45.4. The molecule has 0 saturated carbocycles. The maximum absolute atomic E-state index is 14.3. The van der Waals surface area contributed by atoms with E-state index < -0.39 is 12.1 Å². The Morgan fingerprint density at radius 3 is 2.57 bits per heavy atom. The van der Waals surface area contributed by atoms with Crippen LogP contribution in [0.2, 0.25) is 5.02 Å². The predicted octanol–water partition coefficient (Wildman–Crippen LogP) is 7.54. The molecule has 11 rings (SSSR count). The van der Waals surface area contributed by atoms with E-state index in [1.807, 2.05) is 49.9 Å². The van der Waals surface area contributed by atoms with Gasteiger partial charge in [0.05, 0.1) is 76.1 Å². The number of benzene rings is 3. The van der Waals surface area contributed by atoms with Gasteiger partial charge >= 0.3 is 12.1 Å². The number of aromatic nitrogens is 8. The fourth-order valence-electron chi connectivity index (χ4n) is 11.3. The van der Waals surface area contributed by atoms with Crippen LogP contribution in [0.3, 0.4) is 0 Å². The fraction of sp³-hybridized carbons (Fsp3) is 0.426. The highest BCUT2D eigenvalue weighted by atomic mass is 79.9. The summed E-state index contributed by atoms with van der Waals surface area (Å²) in [5, 5.41) is 20.8. The first kappa shape index (κ1) is 50.9. The van der Waals surface area contributed by atoms with Crippen LogP contribution in [-0.4, -0.2) is 156 Å². The van der Waals surface area contributed by atoms with Gasteiger partial charge in [0.15, 0.2) is 5.65 Å². The number of imidazole rings is 1. The van der Waals surface area contributed by atoms with Crippen LogP contribution in [0.5, 0.6) is 6.01 Å². The smallest absolute Gasteiger partial charge is 0.410 e. The largest absolute Gasteiger partial charge is 0.462 e. The fourth-order valence-corrected chi connectivity index (χ4v) is 11.9. The first-order valence-corrected chi connectivity index (χ1v) is 27.0. The Bertz CT molecular complexity index is 3400. The molecule has 76 heavy (non-hydrogen) atoms.